The van der Waals surface area contributed by atoms with Gasteiger partial charge in [-0.2, -0.15) is 0 Å². The summed E-state index contributed by atoms with van der Waals surface area (Å²) in [5, 5.41) is 3.21. The van der Waals surface area contributed by atoms with Gasteiger partial charge in [0.1, 0.15) is 11.4 Å². The number of nitrogens with one attached hydrogen (secondary N) is 1. The molecule has 0 spiro atoms. The van der Waals surface area contributed by atoms with Gasteiger partial charge in [-0.1, -0.05) is 29.8 Å². The minimum Gasteiger partial charge on any atom is -0.444 e. The maximum atomic E-state index is 13.5. The van der Waals surface area contributed by atoms with Gasteiger partial charge in [-0.15, -0.1) is 0 Å². The second-order valence-electron chi connectivity index (χ2n) is 11.0. The lowest BCUT2D eigenvalue weighted by atomic mass is 9.99. The number of hydrogen-bond donors (Lipinski definition) is 1. The standard InChI is InChI=1S/C29H34ClFN4O4/c1-19(36)32-26-13-22(30)9-7-21(26)8-12-27(37)35-24-15-33(14-20-5-10-23(31)11-6-20)16-25(35)18-34(17-24)28(38)39-29(2,3)4/h5-13,24-25H,14-18H2,1-4H3,(H,32,36)/b12-8+. The number of rotatable bonds is 5. The molecule has 2 aromatic carbocycles. The van der Waals surface area contributed by atoms with Crippen molar-refractivity contribution in [1.82, 2.24) is 14.7 Å². The fourth-order valence-electron chi connectivity index (χ4n) is 5.05. The van der Waals surface area contributed by atoms with E-state index in [0.29, 0.717) is 49.0 Å². The van der Waals surface area contributed by atoms with Gasteiger partial charge in [0.15, 0.2) is 0 Å². The molecule has 2 unspecified atom stereocenters. The van der Waals surface area contributed by atoms with Crippen LogP contribution in [0.5, 0.6) is 0 Å². The lowest BCUT2D eigenvalue weighted by Crippen LogP contribution is -2.70. The average molecular weight is 557 g/mol. The quantitative estimate of drug-likeness (QED) is 0.536. The number of carbonyl (C=O) groups is 3. The zero-order chi connectivity index (χ0) is 28.3. The molecule has 2 aliphatic rings. The molecule has 2 heterocycles. The van der Waals surface area contributed by atoms with Crippen LogP contribution in [0.25, 0.3) is 6.08 Å². The van der Waals surface area contributed by atoms with Gasteiger partial charge in [-0.3, -0.25) is 14.5 Å². The molecule has 2 saturated heterocycles. The molecule has 2 fully saturated rings. The number of nitrogens with zero attached hydrogens (tertiary/aromatic N) is 3. The minimum atomic E-state index is -0.624. The predicted octanol–water partition coefficient (Wildman–Crippen LogP) is 4.78. The minimum absolute atomic E-state index is 0.181. The van der Waals surface area contributed by atoms with Crippen LogP contribution < -0.4 is 5.32 Å². The highest BCUT2D eigenvalue weighted by molar-refractivity contribution is 6.31. The van der Waals surface area contributed by atoms with Gasteiger partial charge in [0.05, 0.1) is 12.1 Å². The van der Waals surface area contributed by atoms with Gasteiger partial charge >= 0.3 is 6.09 Å². The Morgan fingerprint density at radius 2 is 1.69 bits per heavy atom. The first-order chi connectivity index (χ1) is 18.4. The molecular weight excluding hydrogens is 523 g/mol. The molecule has 0 aliphatic carbocycles. The normalized spacial score (nSPS) is 19.7. The lowest BCUT2D eigenvalue weighted by molar-refractivity contribution is -0.140. The molecule has 10 heteroatoms. The Morgan fingerprint density at radius 3 is 2.28 bits per heavy atom. The Labute approximate surface area is 233 Å². The highest BCUT2D eigenvalue weighted by Crippen LogP contribution is 2.27. The summed E-state index contributed by atoms with van der Waals surface area (Å²) in [7, 11) is 0. The van der Waals surface area contributed by atoms with Crippen LogP contribution in [0.4, 0.5) is 14.9 Å². The van der Waals surface area contributed by atoms with Crippen molar-refractivity contribution in [3.8, 4) is 0 Å². The fraction of sp³-hybridized carbons (Fsp3) is 0.414. The predicted molar refractivity (Wildman–Crippen MR) is 149 cm³/mol. The highest BCUT2D eigenvalue weighted by Gasteiger charge is 2.44. The molecule has 0 aromatic heterocycles. The van der Waals surface area contributed by atoms with Crippen molar-refractivity contribution in [2.45, 2.75) is 51.9 Å². The van der Waals surface area contributed by atoms with Gasteiger partial charge in [0.2, 0.25) is 11.8 Å². The van der Waals surface area contributed by atoms with Crippen molar-refractivity contribution in [2.24, 2.45) is 0 Å². The van der Waals surface area contributed by atoms with Gasteiger partial charge in [-0.25, -0.2) is 9.18 Å². The van der Waals surface area contributed by atoms with Crippen molar-refractivity contribution in [1.29, 1.82) is 0 Å². The highest BCUT2D eigenvalue weighted by atomic mass is 35.5. The van der Waals surface area contributed by atoms with Crippen LogP contribution in [-0.2, 0) is 20.9 Å². The first kappa shape index (κ1) is 28.6. The molecule has 8 nitrogen and oxygen atoms in total. The van der Waals surface area contributed by atoms with Crippen LogP contribution in [0, 0.1) is 5.82 Å². The van der Waals surface area contributed by atoms with E-state index in [-0.39, 0.29) is 29.7 Å². The van der Waals surface area contributed by atoms with Crippen LogP contribution >= 0.6 is 11.6 Å². The van der Waals surface area contributed by atoms with E-state index in [1.54, 1.807) is 41.3 Å². The Kier molecular flexibility index (Phi) is 8.61. The molecule has 0 radical (unpaired) electrons. The number of amides is 3. The van der Waals surface area contributed by atoms with E-state index in [2.05, 4.69) is 10.2 Å². The molecule has 2 atom stereocenters. The SMILES string of the molecule is CC(=O)Nc1cc(Cl)ccc1/C=C/C(=O)N1C2CN(Cc3ccc(F)cc3)CC1CN(C(=O)OC(C)(C)C)C2. The fourth-order valence-corrected chi connectivity index (χ4v) is 5.22. The summed E-state index contributed by atoms with van der Waals surface area (Å²) in [5.74, 6) is -0.709. The number of benzene rings is 2. The van der Waals surface area contributed by atoms with E-state index >= 15 is 0 Å². The smallest absolute Gasteiger partial charge is 0.410 e. The molecular formula is C29H34ClFN4O4. The molecule has 1 N–H and O–H groups in total. The second kappa shape index (κ2) is 11.8. The van der Waals surface area contributed by atoms with Gasteiger partial charge < -0.3 is 19.9 Å². The van der Waals surface area contributed by atoms with Gasteiger partial charge in [0.25, 0.3) is 0 Å². The monoisotopic (exact) mass is 556 g/mol. The summed E-state index contributed by atoms with van der Waals surface area (Å²) in [6.45, 7) is 9.26. The third kappa shape index (κ3) is 7.58. The number of halogens is 2. The number of anilines is 1. The number of hydrogen-bond acceptors (Lipinski definition) is 5. The Hall–Kier alpha value is -3.43. The zero-order valence-electron chi connectivity index (χ0n) is 22.6. The summed E-state index contributed by atoms with van der Waals surface area (Å²) in [6, 6.07) is 10.9. The molecule has 0 saturated carbocycles. The zero-order valence-corrected chi connectivity index (χ0v) is 23.4. The van der Waals surface area contributed by atoms with Crippen molar-refractivity contribution in [3.63, 3.8) is 0 Å². The van der Waals surface area contributed by atoms with E-state index in [1.165, 1.54) is 25.1 Å². The maximum absolute atomic E-state index is 13.5. The Bertz CT molecular complexity index is 1240. The lowest BCUT2D eigenvalue weighted by Gasteiger charge is -2.52. The third-order valence-corrected chi connectivity index (χ3v) is 6.78. The number of carbonyl (C=O) groups excluding carboxylic acids is 3. The molecule has 2 bridgehead atoms. The molecule has 3 amide bonds. The van der Waals surface area contributed by atoms with Crippen molar-refractivity contribution < 1.29 is 23.5 Å². The van der Waals surface area contributed by atoms with E-state index in [1.807, 2.05) is 25.7 Å². The molecule has 39 heavy (non-hydrogen) atoms. The number of piperazine rings is 2. The van der Waals surface area contributed by atoms with Crippen LogP contribution in [0.1, 0.15) is 38.8 Å². The maximum Gasteiger partial charge on any atom is 0.410 e. The Morgan fingerprint density at radius 1 is 1.05 bits per heavy atom. The second-order valence-corrected chi connectivity index (χ2v) is 11.4. The van der Waals surface area contributed by atoms with Crippen molar-refractivity contribution in [2.75, 3.05) is 31.5 Å². The summed E-state index contributed by atoms with van der Waals surface area (Å²) >= 11 is 6.09. The first-order valence-corrected chi connectivity index (χ1v) is 13.3. The molecule has 4 rings (SSSR count). The molecule has 2 aromatic rings. The van der Waals surface area contributed by atoms with Crippen LogP contribution in [0.3, 0.4) is 0 Å². The molecule has 208 valence electrons. The Balaban J connectivity index is 1.54. The van der Waals surface area contributed by atoms with E-state index in [4.69, 9.17) is 16.3 Å². The van der Waals surface area contributed by atoms with Crippen molar-refractivity contribution >= 4 is 41.3 Å². The van der Waals surface area contributed by atoms with E-state index < -0.39 is 11.7 Å². The molecule has 2 aliphatic heterocycles. The van der Waals surface area contributed by atoms with Crippen molar-refractivity contribution in [3.05, 3.63) is 70.5 Å². The number of fused-ring (bicyclic) bond motifs is 2. The van der Waals surface area contributed by atoms with Crippen LogP contribution in [0.15, 0.2) is 48.5 Å². The average Bonchev–Trinajstić information content (AvgIpc) is 2.82. The van der Waals surface area contributed by atoms with Crippen LogP contribution in [-0.4, -0.2) is 76.5 Å². The summed E-state index contributed by atoms with van der Waals surface area (Å²) < 4.78 is 19.0. The summed E-state index contributed by atoms with van der Waals surface area (Å²) in [5.41, 5.74) is 1.52. The van der Waals surface area contributed by atoms with Crippen LogP contribution in [0.2, 0.25) is 5.02 Å². The van der Waals surface area contributed by atoms with Gasteiger partial charge in [0, 0.05) is 56.4 Å². The summed E-state index contributed by atoms with van der Waals surface area (Å²) in [6.07, 6.45) is 2.76. The van der Waals surface area contributed by atoms with E-state index in [0.717, 1.165) is 5.56 Å². The third-order valence-electron chi connectivity index (χ3n) is 6.54. The number of ether oxygens (including phenoxy) is 1. The van der Waals surface area contributed by atoms with Gasteiger partial charge in [-0.05, 0) is 62.2 Å². The largest absolute Gasteiger partial charge is 0.444 e. The van der Waals surface area contributed by atoms with E-state index in [9.17, 15) is 18.8 Å². The summed E-state index contributed by atoms with van der Waals surface area (Å²) in [4.78, 5) is 43.8. The topological polar surface area (TPSA) is 82.2 Å². The first-order valence-electron chi connectivity index (χ1n) is 12.9.